The first-order valence-corrected chi connectivity index (χ1v) is 5.82. The Balaban J connectivity index is 1.89. The molecule has 2 aromatic heterocycles. The van der Waals surface area contributed by atoms with Crippen LogP contribution in [0.4, 0.5) is 0 Å². The molecule has 2 aromatic rings. The lowest BCUT2D eigenvalue weighted by Gasteiger charge is -2.05. The molecule has 1 aliphatic rings. The van der Waals surface area contributed by atoms with E-state index in [0.29, 0.717) is 11.2 Å². The molecule has 0 saturated carbocycles. The monoisotopic (exact) mass is 224 g/mol. The van der Waals surface area contributed by atoms with Crippen molar-refractivity contribution in [3.8, 4) is 11.8 Å². The van der Waals surface area contributed by atoms with Gasteiger partial charge in [-0.1, -0.05) is 17.9 Å². The zero-order chi connectivity index (χ0) is 11.5. The molecule has 3 heteroatoms. The van der Waals surface area contributed by atoms with Crippen LogP contribution in [0.15, 0.2) is 34.7 Å². The van der Waals surface area contributed by atoms with Crippen molar-refractivity contribution in [3.63, 3.8) is 0 Å². The van der Waals surface area contributed by atoms with Crippen molar-refractivity contribution < 1.29 is 4.42 Å². The number of rotatable bonds is 0. The average Bonchev–Trinajstić information content (AvgIpc) is 2.85. The van der Waals surface area contributed by atoms with Crippen LogP contribution in [0.5, 0.6) is 0 Å². The van der Waals surface area contributed by atoms with Crippen LogP contribution in [0.3, 0.4) is 0 Å². The predicted molar refractivity (Wildman–Crippen MR) is 65.2 cm³/mol. The summed E-state index contributed by atoms with van der Waals surface area (Å²) in [4.78, 5) is 8.15. The average molecular weight is 224 g/mol. The summed E-state index contributed by atoms with van der Waals surface area (Å²) < 4.78 is 5.19. The molecule has 0 amide bonds. The Labute approximate surface area is 99.6 Å². The minimum absolute atomic E-state index is 0.632. The molecule has 84 valence electrons. The van der Waals surface area contributed by atoms with Gasteiger partial charge >= 0.3 is 0 Å². The quantitative estimate of drug-likeness (QED) is 0.645. The molecule has 0 unspecified atom stereocenters. The summed E-state index contributed by atoms with van der Waals surface area (Å²) in [6, 6.07) is 1.88. The molecule has 0 aromatic carbocycles. The summed E-state index contributed by atoms with van der Waals surface area (Å²) >= 11 is 0. The topological polar surface area (TPSA) is 38.9 Å². The number of nitrogens with zero attached hydrogens (tertiary/aromatic N) is 2. The zero-order valence-corrected chi connectivity index (χ0v) is 9.44. The number of hydrogen-bond acceptors (Lipinski definition) is 3. The summed E-state index contributed by atoms with van der Waals surface area (Å²) in [6.07, 6.45) is 10.2. The fraction of sp³-hybridized carbons (Fsp3) is 0.286. The minimum atomic E-state index is 0.632. The van der Waals surface area contributed by atoms with Crippen molar-refractivity contribution in [2.24, 2.45) is 0 Å². The molecular formula is C14H12N2O. The van der Waals surface area contributed by atoms with Gasteiger partial charge in [-0.05, 0) is 31.3 Å². The standard InChI is InChI=1S/C14H12N2O/c1-2-4-11(5-3-1)6-7-12-8-13-14(15-9-12)16-10-17-13/h4,8-10H,1-3,5H2. The number of pyridine rings is 1. The van der Waals surface area contributed by atoms with Gasteiger partial charge in [0.15, 0.2) is 17.6 Å². The molecular weight excluding hydrogens is 212 g/mol. The second kappa shape index (κ2) is 4.42. The van der Waals surface area contributed by atoms with E-state index in [1.165, 1.54) is 24.8 Å². The van der Waals surface area contributed by atoms with Gasteiger partial charge in [0.05, 0.1) is 0 Å². The van der Waals surface area contributed by atoms with Gasteiger partial charge in [-0.2, -0.15) is 4.98 Å². The minimum Gasteiger partial charge on any atom is -0.442 e. The fourth-order valence-corrected chi connectivity index (χ4v) is 1.93. The highest BCUT2D eigenvalue weighted by molar-refractivity contribution is 5.68. The number of fused-ring (bicyclic) bond motifs is 1. The summed E-state index contributed by atoms with van der Waals surface area (Å²) in [5.74, 6) is 6.33. The van der Waals surface area contributed by atoms with Crippen LogP contribution in [0.1, 0.15) is 31.2 Å². The highest BCUT2D eigenvalue weighted by atomic mass is 16.3. The van der Waals surface area contributed by atoms with Gasteiger partial charge < -0.3 is 4.42 Å². The lowest BCUT2D eigenvalue weighted by Crippen LogP contribution is -1.88. The van der Waals surface area contributed by atoms with Crippen LogP contribution in [0.2, 0.25) is 0 Å². The maximum Gasteiger partial charge on any atom is 0.198 e. The van der Waals surface area contributed by atoms with Gasteiger partial charge in [0.2, 0.25) is 0 Å². The van der Waals surface area contributed by atoms with Crippen molar-refractivity contribution in [1.29, 1.82) is 0 Å². The summed E-state index contributed by atoms with van der Waals surface area (Å²) in [5, 5.41) is 0. The Morgan fingerprint density at radius 2 is 2.18 bits per heavy atom. The van der Waals surface area contributed by atoms with Gasteiger partial charge in [0.25, 0.3) is 0 Å². The highest BCUT2D eigenvalue weighted by Gasteiger charge is 2.01. The Morgan fingerprint density at radius 1 is 1.18 bits per heavy atom. The third kappa shape index (κ3) is 2.21. The Hall–Kier alpha value is -2.08. The van der Waals surface area contributed by atoms with Crippen molar-refractivity contribution in [2.45, 2.75) is 25.7 Å². The van der Waals surface area contributed by atoms with E-state index >= 15 is 0 Å². The molecule has 2 heterocycles. The van der Waals surface area contributed by atoms with Gasteiger partial charge in [0.1, 0.15) is 0 Å². The SMILES string of the molecule is C(#Cc1cnc2ncoc2c1)C1=CCCCC1. The van der Waals surface area contributed by atoms with Crippen molar-refractivity contribution in [3.05, 3.63) is 35.9 Å². The molecule has 1 aliphatic carbocycles. The Morgan fingerprint density at radius 3 is 3.06 bits per heavy atom. The van der Waals surface area contributed by atoms with Crippen LogP contribution in [-0.4, -0.2) is 9.97 Å². The zero-order valence-electron chi connectivity index (χ0n) is 9.44. The number of oxazole rings is 1. The van der Waals surface area contributed by atoms with E-state index in [1.54, 1.807) is 6.20 Å². The lowest BCUT2D eigenvalue weighted by molar-refractivity contribution is 0.602. The second-order valence-corrected chi connectivity index (χ2v) is 4.12. The number of allylic oxidation sites excluding steroid dienone is 2. The van der Waals surface area contributed by atoms with E-state index in [4.69, 9.17) is 4.42 Å². The van der Waals surface area contributed by atoms with Gasteiger partial charge in [0, 0.05) is 17.8 Å². The van der Waals surface area contributed by atoms with E-state index in [0.717, 1.165) is 18.4 Å². The molecule has 3 rings (SSSR count). The van der Waals surface area contributed by atoms with Crippen LogP contribution >= 0.6 is 0 Å². The molecule has 0 spiro atoms. The molecule has 0 bridgehead atoms. The smallest absolute Gasteiger partial charge is 0.198 e. The molecule has 0 atom stereocenters. The third-order valence-electron chi connectivity index (χ3n) is 2.85. The molecule has 0 aliphatic heterocycles. The van der Waals surface area contributed by atoms with Crippen molar-refractivity contribution in [1.82, 2.24) is 9.97 Å². The Kier molecular flexibility index (Phi) is 2.63. The first-order valence-electron chi connectivity index (χ1n) is 5.82. The first kappa shape index (κ1) is 10.1. The maximum absolute atomic E-state index is 5.19. The van der Waals surface area contributed by atoms with Crippen molar-refractivity contribution >= 4 is 11.2 Å². The van der Waals surface area contributed by atoms with Crippen LogP contribution < -0.4 is 0 Å². The molecule has 0 radical (unpaired) electrons. The largest absolute Gasteiger partial charge is 0.442 e. The van der Waals surface area contributed by atoms with E-state index in [-0.39, 0.29) is 0 Å². The molecule has 0 saturated heterocycles. The number of aromatic nitrogens is 2. The van der Waals surface area contributed by atoms with E-state index in [9.17, 15) is 0 Å². The molecule has 0 N–H and O–H groups in total. The van der Waals surface area contributed by atoms with E-state index in [2.05, 4.69) is 27.9 Å². The van der Waals surface area contributed by atoms with E-state index in [1.807, 2.05) is 6.07 Å². The maximum atomic E-state index is 5.19. The van der Waals surface area contributed by atoms with Gasteiger partial charge in [-0.15, -0.1) is 0 Å². The molecule has 17 heavy (non-hydrogen) atoms. The van der Waals surface area contributed by atoms with Crippen LogP contribution in [0, 0.1) is 11.8 Å². The fourth-order valence-electron chi connectivity index (χ4n) is 1.93. The van der Waals surface area contributed by atoms with Gasteiger partial charge in [-0.3, -0.25) is 0 Å². The third-order valence-corrected chi connectivity index (χ3v) is 2.85. The Bertz CT molecular complexity index is 628. The summed E-state index contributed by atoms with van der Waals surface area (Å²) in [5.41, 5.74) is 3.44. The summed E-state index contributed by atoms with van der Waals surface area (Å²) in [7, 11) is 0. The molecule has 3 nitrogen and oxygen atoms in total. The van der Waals surface area contributed by atoms with Crippen LogP contribution in [0.25, 0.3) is 11.2 Å². The van der Waals surface area contributed by atoms with Crippen molar-refractivity contribution in [2.75, 3.05) is 0 Å². The lowest BCUT2D eigenvalue weighted by atomic mass is 10.00. The predicted octanol–water partition coefficient (Wildman–Crippen LogP) is 3.07. The first-order chi connectivity index (χ1) is 8.42. The normalized spacial score (nSPS) is 15.2. The summed E-state index contributed by atoms with van der Waals surface area (Å²) in [6.45, 7) is 0. The second-order valence-electron chi connectivity index (χ2n) is 4.12. The highest BCUT2D eigenvalue weighted by Crippen LogP contribution is 2.16. The van der Waals surface area contributed by atoms with Gasteiger partial charge in [-0.25, -0.2) is 4.98 Å². The number of hydrogen-bond donors (Lipinski definition) is 0. The van der Waals surface area contributed by atoms with Crippen LogP contribution in [-0.2, 0) is 0 Å². The van der Waals surface area contributed by atoms with E-state index < -0.39 is 0 Å². The molecule has 0 fully saturated rings.